The van der Waals surface area contributed by atoms with Gasteiger partial charge < -0.3 is 9.84 Å². The Kier molecular flexibility index (Phi) is 5.40. The highest BCUT2D eigenvalue weighted by molar-refractivity contribution is 5.86. The molecular formula is C16H13N2O5-. The highest BCUT2D eigenvalue weighted by atomic mass is 16.6. The SMILES string of the molecule is O=C(CN=Cc1cc([N+](=O)[O-])ccc1[O-])OCc1ccccc1. The monoisotopic (exact) mass is 313 g/mol. The summed E-state index contributed by atoms with van der Waals surface area (Å²) in [5.74, 6) is -0.958. The molecule has 7 heteroatoms. The topological polar surface area (TPSA) is 105 Å². The second-order valence-corrected chi connectivity index (χ2v) is 4.60. The van der Waals surface area contributed by atoms with E-state index in [0.717, 1.165) is 30.0 Å². The van der Waals surface area contributed by atoms with Crippen LogP contribution in [-0.2, 0) is 16.1 Å². The third kappa shape index (κ3) is 4.92. The summed E-state index contributed by atoms with van der Waals surface area (Å²) in [7, 11) is 0. The van der Waals surface area contributed by atoms with E-state index in [-0.39, 0.29) is 24.4 Å². The maximum atomic E-state index is 11.6. The van der Waals surface area contributed by atoms with Crippen LogP contribution in [0.15, 0.2) is 53.5 Å². The molecule has 0 unspecified atom stereocenters. The van der Waals surface area contributed by atoms with Crippen LogP contribution >= 0.6 is 0 Å². The Bertz CT molecular complexity index is 729. The first-order chi connectivity index (χ1) is 11.1. The third-order valence-corrected chi connectivity index (χ3v) is 2.90. The Labute approximate surface area is 132 Å². The van der Waals surface area contributed by atoms with E-state index >= 15 is 0 Å². The van der Waals surface area contributed by atoms with E-state index in [1.165, 1.54) is 0 Å². The van der Waals surface area contributed by atoms with Crippen molar-refractivity contribution in [3.05, 3.63) is 69.8 Å². The largest absolute Gasteiger partial charge is 0.872 e. The van der Waals surface area contributed by atoms with E-state index in [0.29, 0.717) is 0 Å². The fourth-order valence-electron chi connectivity index (χ4n) is 1.75. The van der Waals surface area contributed by atoms with Gasteiger partial charge in [-0.3, -0.25) is 19.9 Å². The first-order valence-corrected chi connectivity index (χ1v) is 6.71. The van der Waals surface area contributed by atoms with Crippen molar-refractivity contribution < 1.29 is 19.6 Å². The van der Waals surface area contributed by atoms with Gasteiger partial charge in [-0.2, -0.15) is 0 Å². The van der Waals surface area contributed by atoms with Crippen molar-refractivity contribution in [2.45, 2.75) is 6.61 Å². The quantitative estimate of drug-likeness (QED) is 0.350. The van der Waals surface area contributed by atoms with E-state index < -0.39 is 16.6 Å². The number of esters is 1. The molecule has 2 aromatic carbocycles. The Hall–Kier alpha value is -3.22. The summed E-state index contributed by atoms with van der Waals surface area (Å²) in [6, 6.07) is 12.5. The molecule has 23 heavy (non-hydrogen) atoms. The van der Waals surface area contributed by atoms with Crippen LogP contribution < -0.4 is 5.11 Å². The van der Waals surface area contributed by atoms with Gasteiger partial charge in [0.25, 0.3) is 5.69 Å². The van der Waals surface area contributed by atoms with Crippen LogP contribution in [0.5, 0.6) is 5.75 Å². The molecule has 0 aliphatic rings. The number of hydrogen-bond acceptors (Lipinski definition) is 6. The van der Waals surface area contributed by atoms with Crippen LogP contribution in [0.4, 0.5) is 5.69 Å². The highest BCUT2D eigenvalue weighted by Crippen LogP contribution is 2.19. The van der Waals surface area contributed by atoms with E-state index in [9.17, 15) is 20.0 Å². The first-order valence-electron chi connectivity index (χ1n) is 6.71. The molecule has 0 bridgehead atoms. The van der Waals surface area contributed by atoms with Crippen LogP contribution in [-0.4, -0.2) is 23.7 Å². The molecule has 0 saturated heterocycles. The standard InChI is InChI=1S/C16H14N2O5/c19-15-7-6-14(18(21)22)8-13(15)9-17-10-16(20)23-11-12-4-2-1-3-5-12/h1-9,19H,10-11H2/p-1. The lowest BCUT2D eigenvalue weighted by atomic mass is 10.2. The molecule has 0 aliphatic carbocycles. The van der Waals surface area contributed by atoms with Crippen molar-refractivity contribution >= 4 is 17.9 Å². The van der Waals surface area contributed by atoms with Crippen molar-refractivity contribution in [1.82, 2.24) is 0 Å². The molecule has 0 atom stereocenters. The Morgan fingerprint density at radius 3 is 2.65 bits per heavy atom. The van der Waals surface area contributed by atoms with E-state index in [4.69, 9.17) is 4.74 Å². The summed E-state index contributed by atoms with van der Waals surface area (Å²) in [4.78, 5) is 25.4. The molecule has 0 aromatic heterocycles. The normalized spacial score (nSPS) is 10.6. The molecule has 7 nitrogen and oxygen atoms in total. The van der Waals surface area contributed by atoms with Gasteiger partial charge in [0.15, 0.2) is 0 Å². The number of hydrogen-bond donors (Lipinski definition) is 0. The van der Waals surface area contributed by atoms with Gasteiger partial charge in [0, 0.05) is 18.3 Å². The Morgan fingerprint density at radius 2 is 1.96 bits per heavy atom. The van der Waals surface area contributed by atoms with Gasteiger partial charge in [-0.15, -0.1) is 0 Å². The smallest absolute Gasteiger partial charge is 0.328 e. The number of ether oxygens (including phenoxy) is 1. The first kappa shape index (κ1) is 16.2. The number of carbonyl (C=O) groups is 1. The summed E-state index contributed by atoms with van der Waals surface area (Å²) in [6.07, 6.45) is 1.14. The summed E-state index contributed by atoms with van der Waals surface area (Å²) >= 11 is 0. The van der Waals surface area contributed by atoms with E-state index in [1.807, 2.05) is 30.3 Å². The predicted octanol–water partition coefficient (Wildman–Crippen LogP) is 1.83. The second kappa shape index (κ2) is 7.69. The predicted molar refractivity (Wildman–Crippen MR) is 81.2 cm³/mol. The minimum atomic E-state index is -0.606. The highest BCUT2D eigenvalue weighted by Gasteiger charge is 2.06. The van der Waals surface area contributed by atoms with Crippen molar-refractivity contribution in [2.24, 2.45) is 4.99 Å². The number of rotatable bonds is 6. The second-order valence-electron chi connectivity index (χ2n) is 4.60. The zero-order chi connectivity index (χ0) is 16.7. The van der Waals surface area contributed by atoms with Crippen LogP contribution in [0, 0.1) is 10.1 Å². The number of aliphatic imine (C=N–C) groups is 1. The third-order valence-electron chi connectivity index (χ3n) is 2.90. The average molecular weight is 313 g/mol. The summed E-state index contributed by atoms with van der Waals surface area (Å²) < 4.78 is 5.02. The molecule has 2 aromatic rings. The van der Waals surface area contributed by atoms with Crippen LogP contribution in [0.25, 0.3) is 0 Å². The number of nitro groups is 1. The fraction of sp³-hybridized carbons (Fsp3) is 0.125. The minimum absolute atomic E-state index is 0.0510. The Balaban J connectivity index is 1.90. The molecule has 0 radical (unpaired) electrons. The number of benzene rings is 2. The van der Waals surface area contributed by atoms with Crippen molar-refractivity contribution in [3.63, 3.8) is 0 Å². The number of non-ortho nitro benzene ring substituents is 1. The molecule has 2 rings (SSSR count). The van der Waals surface area contributed by atoms with Gasteiger partial charge in [0.1, 0.15) is 13.2 Å². The number of carbonyl (C=O) groups excluding carboxylic acids is 1. The van der Waals surface area contributed by atoms with Crippen molar-refractivity contribution in [3.8, 4) is 5.75 Å². The molecule has 0 aliphatic heterocycles. The molecule has 0 saturated carbocycles. The van der Waals surface area contributed by atoms with Crippen LogP contribution in [0.1, 0.15) is 11.1 Å². The molecular weight excluding hydrogens is 300 g/mol. The number of nitrogens with zero attached hydrogens (tertiary/aromatic N) is 2. The Morgan fingerprint density at radius 1 is 1.22 bits per heavy atom. The molecule has 0 fully saturated rings. The van der Waals surface area contributed by atoms with Gasteiger partial charge in [0.2, 0.25) is 0 Å². The zero-order valence-corrected chi connectivity index (χ0v) is 12.0. The fourth-order valence-corrected chi connectivity index (χ4v) is 1.75. The van der Waals surface area contributed by atoms with Gasteiger partial charge in [-0.05, 0) is 11.1 Å². The summed E-state index contributed by atoms with van der Waals surface area (Å²) in [5, 5.41) is 22.2. The van der Waals surface area contributed by atoms with E-state index in [1.54, 1.807) is 0 Å². The van der Waals surface area contributed by atoms with Gasteiger partial charge in [-0.25, -0.2) is 0 Å². The molecule has 118 valence electrons. The van der Waals surface area contributed by atoms with Crippen LogP contribution in [0.3, 0.4) is 0 Å². The zero-order valence-electron chi connectivity index (χ0n) is 12.0. The average Bonchev–Trinajstić information content (AvgIpc) is 2.55. The maximum absolute atomic E-state index is 11.6. The van der Waals surface area contributed by atoms with Crippen molar-refractivity contribution in [2.75, 3.05) is 6.54 Å². The van der Waals surface area contributed by atoms with Gasteiger partial charge in [0.05, 0.1) is 4.92 Å². The van der Waals surface area contributed by atoms with E-state index in [2.05, 4.69) is 4.99 Å². The lowest BCUT2D eigenvalue weighted by Crippen LogP contribution is -2.08. The summed E-state index contributed by atoms with van der Waals surface area (Å²) in [6.45, 7) is -0.131. The minimum Gasteiger partial charge on any atom is -0.872 e. The van der Waals surface area contributed by atoms with Gasteiger partial charge in [-0.1, -0.05) is 42.1 Å². The van der Waals surface area contributed by atoms with Gasteiger partial charge >= 0.3 is 5.97 Å². The lowest BCUT2D eigenvalue weighted by Gasteiger charge is -2.08. The molecule has 0 spiro atoms. The molecule has 0 amide bonds. The summed E-state index contributed by atoms with van der Waals surface area (Å²) in [5.41, 5.74) is 0.693. The molecule has 0 heterocycles. The number of nitro benzene ring substituents is 1. The van der Waals surface area contributed by atoms with Crippen LogP contribution in [0.2, 0.25) is 0 Å². The molecule has 0 N–H and O–H groups in total. The maximum Gasteiger partial charge on any atom is 0.328 e. The van der Waals surface area contributed by atoms with Crippen molar-refractivity contribution in [1.29, 1.82) is 0 Å². The lowest BCUT2D eigenvalue weighted by molar-refractivity contribution is -0.385.